The van der Waals surface area contributed by atoms with Crippen LogP contribution in [0.2, 0.25) is 0 Å². The summed E-state index contributed by atoms with van der Waals surface area (Å²) in [4.78, 5) is 2.42. The smallest absolute Gasteiger partial charge is 0.0799 e. The second-order valence-corrected chi connectivity index (χ2v) is 5.57. The van der Waals surface area contributed by atoms with Crippen LogP contribution in [0.1, 0.15) is 32.0 Å². The number of nitrogens with zero attached hydrogens (tertiary/aromatic N) is 3. The molecule has 1 fully saturated rings. The largest absolute Gasteiger partial charge is 0.375 e. The van der Waals surface area contributed by atoms with E-state index >= 15 is 0 Å². The van der Waals surface area contributed by atoms with Gasteiger partial charge in [-0.1, -0.05) is 22.9 Å². The molecule has 1 aliphatic heterocycles. The molecule has 1 saturated heterocycles. The van der Waals surface area contributed by atoms with Gasteiger partial charge in [0, 0.05) is 37.2 Å². The first-order valence-corrected chi connectivity index (χ1v) is 7.79. The third-order valence-corrected chi connectivity index (χ3v) is 4.21. The fourth-order valence-electron chi connectivity index (χ4n) is 2.14. The summed E-state index contributed by atoms with van der Waals surface area (Å²) in [5, 5.41) is 5.56. The molecule has 0 bridgehead atoms. The average Bonchev–Trinajstić information content (AvgIpc) is 2.86. The molecule has 4 nitrogen and oxygen atoms in total. The van der Waals surface area contributed by atoms with E-state index < -0.39 is 0 Å². The lowest BCUT2D eigenvalue weighted by atomic mass is 10.3. The highest BCUT2D eigenvalue weighted by atomic mass is 79.9. The fraction of sp³-hybridized carbons (Fsp3) is 0.769. The van der Waals surface area contributed by atoms with Crippen molar-refractivity contribution in [2.45, 2.75) is 39.0 Å². The van der Waals surface area contributed by atoms with Gasteiger partial charge in [-0.3, -0.25) is 9.58 Å². The number of hydrogen-bond donors (Lipinski definition) is 0. The van der Waals surface area contributed by atoms with E-state index in [0.717, 1.165) is 43.7 Å². The fourth-order valence-corrected chi connectivity index (χ4v) is 2.53. The van der Waals surface area contributed by atoms with Crippen molar-refractivity contribution in [2.75, 3.05) is 25.0 Å². The maximum atomic E-state index is 5.64. The minimum Gasteiger partial charge on any atom is -0.375 e. The topological polar surface area (TPSA) is 30.3 Å². The number of ether oxygens (including phenoxy) is 1. The summed E-state index contributed by atoms with van der Waals surface area (Å²) in [7, 11) is 0. The van der Waals surface area contributed by atoms with Crippen molar-refractivity contribution in [1.29, 1.82) is 0 Å². The number of rotatable bonds is 5. The van der Waals surface area contributed by atoms with E-state index in [9.17, 15) is 0 Å². The Morgan fingerprint density at radius 2 is 2.44 bits per heavy atom. The van der Waals surface area contributed by atoms with E-state index in [1.165, 1.54) is 0 Å². The van der Waals surface area contributed by atoms with Crippen LogP contribution in [0.3, 0.4) is 0 Å². The number of hydrogen-bond acceptors (Lipinski definition) is 3. The molecule has 102 valence electrons. The maximum absolute atomic E-state index is 5.64. The van der Waals surface area contributed by atoms with Crippen molar-refractivity contribution in [1.82, 2.24) is 14.7 Å². The van der Waals surface area contributed by atoms with E-state index in [2.05, 4.69) is 56.7 Å². The van der Waals surface area contributed by atoms with E-state index in [-0.39, 0.29) is 0 Å². The first-order chi connectivity index (χ1) is 8.72. The molecule has 0 aromatic carbocycles. The molecule has 2 rings (SSSR count). The first-order valence-electron chi connectivity index (χ1n) is 6.67. The van der Waals surface area contributed by atoms with Gasteiger partial charge in [0.1, 0.15) is 0 Å². The zero-order valence-electron chi connectivity index (χ0n) is 11.2. The standard InChI is InChI=1S/C13H22BrN3O/c1-3-11(2)17-5-4-12(15-17)9-16-6-7-18-13(8-14)10-16/h4-5,11,13H,3,6-10H2,1-2H3. The molecule has 0 amide bonds. The van der Waals surface area contributed by atoms with Crippen LogP contribution in [-0.2, 0) is 11.3 Å². The molecule has 1 aromatic rings. The number of aromatic nitrogens is 2. The highest BCUT2D eigenvalue weighted by Gasteiger charge is 2.20. The summed E-state index contributed by atoms with van der Waals surface area (Å²) in [5.74, 6) is 0. The van der Waals surface area contributed by atoms with Crippen LogP contribution in [0.25, 0.3) is 0 Å². The quantitative estimate of drug-likeness (QED) is 0.782. The molecule has 0 saturated carbocycles. The van der Waals surface area contributed by atoms with Crippen molar-refractivity contribution >= 4 is 15.9 Å². The van der Waals surface area contributed by atoms with Gasteiger partial charge in [0.25, 0.3) is 0 Å². The van der Waals surface area contributed by atoms with Crippen molar-refractivity contribution in [3.8, 4) is 0 Å². The average molecular weight is 316 g/mol. The lowest BCUT2D eigenvalue weighted by Gasteiger charge is -2.31. The molecule has 1 aromatic heterocycles. The molecule has 5 heteroatoms. The van der Waals surface area contributed by atoms with Gasteiger partial charge in [0.05, 0.1) is 18.4 Å². The van der Waals surface area contributed by atoms with E-state index in [4.69, 9.17) is 4.74 Å². The molecule has 2 atom stereocenters. The Balaban J connectivity index is 1.90. The summed E-state index contributed by atoms with van der Waals surface area (Å²) in [6.45, 7) is 8.13. The van der Waals surface area contributed by atoms with Crippen molar-refractivity contribution in [3.63, 3.8) is 0 Å². The van der Waals surface area contributed by atoms with Gasteiger partial charge in [-0.2, -0.15) is 5.10 Å². The van der Waals surface area contributed by atoms with Crippen LogP contribution in [0.15, 0.2) is 12.3 Å². The van der Waals surface area contributed by atoms with E-state index in [0.29, 0.717) is 12.1 Å². The third-order valence-electron chi connectivity index (χ3n) is 3.49. The molecule has 2 unspecified atom stereocenters. The zero-order chi connectivity index (χ0) is 13.0. The van der Waals surface area contributed by atoms with Crippen LogP contribution >= 0.6 is 15.9 Å². The molecule has 0 N–H and O–H groups in total. The van der Waals surface area contributed by atoms with Crippen LogP contribution < -0.4 is 0 Å². The van der Waals surface area contributed by atoms with E-state index in [1.807, 2.05) is 0 Å². The van der Waals surface area contributed by atoms with Crippen LogP contribution in [-0.4, -0.2) is 45.8 Å². The minimum absolute atomic E-state index is 0.315. The summed E-state index contributed by atoms with van der Waals surface area (Å²) in [6, 6.07) is 2.61. The predicted molar refractivity (Wildman–Crippen MR) is 76.0 cm³/mol. The first kappa shape index (κ1) is 14.0. The van der Waals surface area contributed by atoms with Gasteiger partial charge in [0.15, 0.2) is 0 Å². The monoisotopic (exact) mass is 315 g/mol. The van der Waals surface area contributed by atoms with Gasteiger partial charge in [-0.15, -0.1) is 0 Å². The lowest BCUT2D eigenvalue weighted by molar-refractivity contribution is -0.0185. The van der Waals surface area contributed by atoms with Gasteiger partial charge in [-0.05, 0) is 19.4 Å². The van der Waals surface area contributed by atoms with Crippen LogP contribution in [0.5, 0.6) is 0 Å². The predicted octanol–water partition coefficient (Wildman–Crippen LogP) is 2.45. The second-order valence-electron chi connectivity index (χ2n) is 4.93. The molecule has 0 radical (unpaired) electrons. The minimum atomic E-state index is 0.315. The highest BCUT2D eigenvalue weighted by molar-refractivity contribution is 9.09. The summed E-state index contributed by atoms with van der Waals surface area (Å²) < 4.78 is 7.71. The van der Waals surface area contributed by atoms with E-state index in [1.54, 1.807) is 0 Å². The van der Waals surface area contributed by atoms with Crippen LogP contribution in [0.4, 0.5) is 0 Å². The second kappa shape index (κ2) is 6.68. The normalized spacial score (nSPS) is 23.2. The Morgan fingerprint density at radius 1 is 1.61 bits per heavy atom. The Labute approximate surface area is 117 Å². The Morgan fingerprint density at radius 3 is 3.17 bits per heavy atom. The number of morpholine rings is 1. The van der Waals surface area contributed by atoms with Crippen molar-refractivity contribution < 1.29 is 4.74 Å². The molecule has 1 aliphatic rings. The van der Waals surface area contributed by atoms with Gasteiger partial charge >= 0.3 is 0 Å². The Hall–Kier alpha value is -0.390. The van der Waals surface area contributed by atoms with Gasteiger partial charge in [0.2, 0.25) is 0 Å². The Kier molecular flexibility index (Phi) is 5.21. The molecule has 2 heterocycles. The van der Waals surface area contributed by atoms with Crippen molar-refractivity contribution in [2.24, 2.45) is 0 Å². The van der Waals surface area contributed by atoms with Crippen LogP contribution in [0, 0.1) is 0 Å². The molecule has 0 aliphatic carbocycles. The molecule has 18 heavy (non-hydrogen) atoms. The van der Waals surface area contributed by atoms with Gasteiger partial charge < -0.3 is 4.74 Å². The summed E-state index contributed by atoms with van der Waals surface area (Å²) in [6.07, 6.45) is 3.52. The SMILES string of the molecule is CCC(C)n1ccc(CN2CCOC(CBr)C2)n1. The maximum Gasteiger partial charge on any atom is 0.0799 e. The summed E-state index contributed by atoms with van der Waals surface area (Å²) >= 11 is 3.48. The molecule has 0 spiro atoms. The van der Waals surface area contributed by atoms with Gasteiger partial charge in [-0.25, -0.2) is 0 Å². The number of halogens is 1. The zero-order valence-corrected chi connectivity index (χ0v) is 12.8. The Bertz CT molecular complexity index is 369. The number of alkyl halides is 1. The summed E-state index contributed by atoms with van der Waals surface area (Å²) in [5.41, 5.74) is 1.16. The highest BCUT2D eigenvalue weighted by Crippen LogP contribution is 2.13. The van der Waals surface area contributed by atoms with Crippen molar-refractivity contribution in [3.05, 3.63) is 18.0 Å². The molecular weight excluding hydrogens is 294 g/mol. The lowest BCUT2D eigenvalue weighted by Crippen LogP contribution is -2.42. The molecular formula is C13H22BrN3O. The third kappa shape index (κ3) is 3.56.